The molecule has 1 N–H and O–H groups in total. The lowest BCUT2D eigenvalue weighted by molar-refractivity contribution is 0.0730. The first kappa shape index (κ1) is 26.8. The number of aromatic nitrogens is 3. The fraction of sp³-hybridized carbons (Fsp3) is 0.321. The number of hydrogen-bond acceptors (Lipinski definition) is 7. The highest BCUT2D eigenvalue weighted by molar-refractivity contribution is 7.89. The van der Waals surface area contributed by atoms with Gasteiger partial charge in [0.25, 0.3) is 5.91 Å². The molecule has 3 heterocycles. The molecule has 4 aromatic rings. The van der Waals surface area contributed by atoms with E-state index in [1.165, 1.54) is 11.4 Å². The number of rotatable bonds is 6. The Morgan fingerprint density at radius 2 is 1.77 bits per heavy atom. The summed E-state index contributed by atoms with van der Waals surface area (Å²) >= 11 is 0. The van der Waals surface area contributed by atoms with Crippen LogP contribution in [-0.4, -0.2) is 66.6 Å². The van der Waals surface area contributed by atoms with Gasteiger partial charge in [-0.3, -0.25) is 4.79 Å². The summed E-state index contributed by atoms with van der Waals surface area (Å²) < 4.78 is 41.0. The number of amides is 1. The zero-order valence-corrected chi connectivity index (χ0v) is 23.4. The maximum absolute atomic E-state index is 13.7. The summed E-state index contributed by atoms with van der Waals surface area (Å²) in [6.45, 7) is 8.70. The quantitative estimate of drug-likeness (QED) is 0.388. The topological polar surface area (TPSA) is 115 Å². The van der Waals surface area contributed by atoms with Crippen molar-refractivity contribution in [3.63, 3.8) is 0 Å². The average molecular weight is 550 g/mol. The second-order valence-corrected chi connectivity index (χ2v) is 11.6. The van der Waals surface area contributed by atoms with Gasteiger partial charge in [0, 0.05) is 24.5 Å². The molecule has 1 fully saturated rings. The van der Waals surface area contributed by atoms with Gasteiger partial charge in [0.15, 0.2) is 11.3 Å². The van der Waals surface area contributed by atoms with E-state index in [9.17, 15) is 13.2 Å². The maximum atomic E-state index is 13.7. The van der Waals surface area contributed by atoms with Crippen LogP contribution in [0.4, 0.5) is 5.69 Å². The van der Waals surface area contributed by atoms with Crippen LogP contribution in [0.25, 0.3) is 16.8 Å². The third-order valence-corrected chi connectivity index (χ3v) is 8.82. The zero-order valence-electron chi connectivity index (χ0n) is 22.6. The van der Waals surface area contributed by atoms with Crippen LogP contribution in [0.2, 0.25) is 0 Å². The molecule has 5 rings (SSSR count). The third kappa shape index (κ3) is 5.00. The van der Waals surface area contributed by atoms with Crippen LogP contribution >= 0.6 is 0 Å². The Hall–Kier alpha value is -3.80. The lowest BCUT2D eigenvalue weighted by atomic mass is 10.0. The molecule has 39 heavy (non-hydrogen) atoms. The molecule has 0 aliphatic carbocycles. The molecule has 1 aliphatic heterocycles. The fourth-order valence-corrected chi connectivity index (χ4v) is 6.47. The number of anilines is 1. The first-order chi connectivity index (χ1) is 18.6. The van der Waals surface area contributed by atoms with Crippen LogP contribution in [-0.2, 0) is 14.8 Å². The summed E-state index contributed by atoms with van der Waals surface area (Å²) in [7, 11) is -2.25. The number of carbonyl (C=O) groups excluding carboxylic acids is 1. The second kappa shape index (κ2) is 10.4. The fourth-order valence-electron chi connectivity index (χ4n) is 4.81. The Morgan fingerprint density at radius 1 is 1.03 bits per heavy atom. The number of hydrogen-bond donors (Lipinski definition) is 1. The number of ether oxygens (including phenoxy) is 2. The molecule has 0 unspecified atom stereocenters. The van der Waals surface area contributed by atoms with Crippen molar-refractivity contribution >= 4 is 27.3 Å². The summed E-state index contributed by atoms with van der Waals surface area (Å²) in [6, 6.07) is 12.5. The molecule has 2 aromatic carbocycles. The van der Waals surface area contributed by atoms with Gasteiger partial charge in [-0.25, -0.2) is 17.9 Å². The smallest absolute Gasteiger partial charge is 0.277 e. The largest absolute Gasteiger partial charge is 0.495 e. The number of nitrogens with zero attached hydrogens (tertiary/aromatic N) is 4. The van der Waals surface area contributed by atoms with Crippen LogP contribution in [0, 0.1) is 27.7 Å². The van der Waals surface area contributed by atoms with Crippen LogP contribution in [0.15, 0.2) is 47.4 Å². The van der Waals surface area contributed by atoms with Gasteiger partial charge < -0.3 is 14.8 Å². The number of methoxy groups -OCH3 is 1. The highest BCUT2D eigenvalue weighted by Crippen LogP contribution is 2.34. The molecule has 2 aromatic heterocycles. The Balaban J connectivity index is 1.68. The number of aryl methyl sites for hydroxylation is 4. The van der Waals surface area contributed by atoms with Crippen molar-refractivity contribution in [1.29, 1.82) is 0 Å². The lowest BCUT2D eigenvalue weighted by Gasteiger charge is -2.26. The molecule has 0 bridgehead atoms. The first-order valence-electron chi connectivity index (χ1n) is 12.6. The summed E-state index contributed by atoms with van der Waals surface area (Å²) in [5.74, 6) is 0.0493. The molecule has 0 saturated carbocycles. The predicted octanol–water partition coefficient (Wildman–Crippen LogP) is 3.91. The van der Waals surface area contributed by atoms with Crippen molar-refractivity contribution < 1.29 is 22.7 Å². The van der Waals surface area contributed by atoms with E-state index in [-0.39, 0.29) is 23.7 Å². The summed E-state index contributed by atoms with van der Waals surface area (Å²) in [4.78, 5) is 18.6. The third-order valence-electron chi connectivity index (χ3n) is 6.78. The highest BCUT2D eigenvalue weighted by Gasteiger charge is 2.30. The van der Waals surface area contributed by atoms with E-state index < -0.39 is 15.9 Å². The van der Waals surface area contributed by atoms with E-state index in [0.29, 0.717) is 47.0 Å². The number of sulfonamides is 1. The lowest BCUT2D eigenvalue weighted by Crippen LogP contribution is -2.40. The van der Waals surface area contributed by atoms with Crippen LogP contribution < -0.4 is 10.1 Å². The SMILES string of the molecule is COc1ccc(C)cc1NC(=O)c1nn2c(C)cc(C)nc2c1-c1ccc(C)c(S(=O)(=O)N2CCOCC2)c1. The molecule has 204 valence electrons. The van der Waals surface area contributed by atoms with Crippen molar-refractivity contribution in [3.8, 4) is 16.9 Å². The number of nitrogens with one attached hydrogen (secondary N) is 1. The molecule has 0 radical (unpaired) electrons. The van der Waals surface area contributed by atoms with Crippen LogP contribution in [0.1, 0.15) is 33.0 Å². The van der Waals surface area contributed by atoms with E-state index in [2.05, 4.69) is 10.4 Å². The van der Waals surface area contributed by atoms with Crippen LogP contribution in [0.3, 0.4) is 0 Å². The van der Waals surface area contributed by atoms with Gasteiger partial charge in [-0.2, -0.15) is 9.40 Å². The predicted molar refractivity (Wildman–Crippen MR) is 148 cm³/mol. The zero-order chi connectivity index (χ0) is 27.9. The monoisotopic (exact) mass is 549 g/mol. The van der Waals surface area contributed by atoms with Gasteiger partial charge in [0.05, 0.1) is 36.5 Å². The van der Waals surface area contributed by atoms with Gasteiger partial charge in [0.2, 0.25) is 10.0 Å². The van der Waals surface area contributed by atoms with E-state index >= 15 is 0 Å². The number of carbonyl (C=O) groups is 1. The molecular weight excluding hydrogens is 518 g/mol. The van der Waals surface area contributed by atoms with Crippen molar-refractivity contribution in [2.45, 2.75) is 32.6 Å². The summed E-state index contributed by atoms with van der Waals surface area (Å²) in [5, 5.41) is 7.56. The summed E-state index contributed by atoms with van der Waals surface area (Å²) in [5.41, 5.74) is 5.17. The van der Waals surface area contributed by atoms with Crippen molar-refractivity contribution in [2.75, 3.05) is 38.7 Å². The molecule has 0 atom stereocenters. The van der Waals surface area contributed by atoms with E-state index in [1.807, 2.05) is 39.0 Å². The molecule has 1 saturated heterocycles. The van der Waals surface area contributed by atoms with Crippen molar-refractivity contribution in [3.05, 3.63) is 70.7 Å². The number of benzene rings is 2. The van der Waals surface area contributed by atoms with Gasteiger partial charge in [-0.05, 0) is 68.7 Å². The Labute approximate surface area is 227 Å². The molecule has 10 nitrogen and oxygen atoms in total. The van der Waals surface area contributed by atoms with E-state index in [1.54, 1.807) is 35.7 Å². The Kier molecular flexibility index (Phi) is 7.15. The van der Waals surface area contributed by atoms with Crippen LogP contribution in [0.5, 0.6) is 5.75 Å². The average Bonchev–Trinajstić information content (AvgIpc) is 3.29. The molecule has 1 amide bonds. The Bertz CT molecular complexity index is 1690. The highest BCUT2D eigenvalue weighted by atomic mass is 32.2. The van der Waals surface area contributed by atoms with E-state index in [0.717, 1.165) is 17.0 Å². The van der Waals surface area contributed by atoms with Crippen molar-refractivity contribution in [2.24, 2.45) is 0 Å². The molecule has 0 spiro atoms. The maximum Gasteiger partial charge on any atom is 0.277 e. The normalized spacial score (nSPS) is 14.5. The van der Waals surface area contributed by atoms with E-state index in [4.69, 9.17) is 14.5 Å². The van der Waals surface area contributed by atoms with Gasteiger partial charge >= 0.3 is 0 Å². The van der Waals surface area contributed by atoms with Gasteiger partial charge in [-0.15, -0.1) is 0 Å². The first-order valence-corrected chi connectivity index (χ1v) is 14.1. The Morgan fingerprint density at radius 3 is 2.49 bits per heavy atom. The standard InChI is InChI=1S/C28H31N5O5S/c1-17-6-9-23(37-5)22(14-17)30-28(34)26-25(27-29-19(3)15-20(4)33(27)31-26)21-8-7-18(2)24(16-21)39(35,36)32-10-12-38-13-11-32/h6-9,14-16H,10-13H2,1-5H3,(H,30,34). The number of morpholine rings is 1. The van der Waals surface area contributed by atoms with Gasteiger partial charge in [-0.1, -0.05) is 18.2 Å². The minimum Gasteiger partial charge on any atom is -0.495 e. The number of fused-ring (bicyclic) bond motifs is 1. The second-order valence-electron chi connectivity index (χ2n) is 9.65. The molecular formula is C28H31N5O5S. The van der Waals surface area contributed by atoms with Crippen molar-refractivity contribution in [1.82, 2.24) is 18.9 Å². The van der Waals surface area contributed by atoms with Gasteiger partial charge in [0.1, 0.15) is 5.75 Å². The molecule has 11 heteroatoms. The summed E-state index contributed by atoms with van der Waals surface area (Å²) in [6.07, 6.45) is 0. The molecule has 1 aliphatic rings. The minimum atomic E-state index is -3.78. The minimum absolute atomic E-state index is 0.123.